The summed E-state index contributed by atoms with van der Waals surface area (Å²) in [5, 5.41) is 7.77. The van der Waals surface area contributed by atoms with E-state index in [0.717, 1.165) is 51.6 Å². The number of hydrogen-bond donors (Lipinski definition) is 0. The van der Waals surface area contributed by atoms with Crippen molar-refractivity contribution in [2.24, 2.45) is 0 Å². The molecule has 2 aliphatic rings. The van der Waals surface area contributed by atoms with E-state index >= 15 is 0 Å². The summed E-state index contributed by atoms with van der Waals surface area (Å²) in [4.78, 5) is 11.9. The fourth-order valence-electron chi connectivity index (χ4n) is 3.43. The van der Waals surface area contributed by atoms with E-state index in [1.54, 1.807) is 6.20 Å². The number of rotatable bonds is 4. The molecule has 0 spiro atoms. The molecular weight excluding hydrogens is 288 g/mol. The molecule has 23 heavy (non-hydrogen) atoms. The summed E-state index contributed by atoms with van der Waals surface area (Å²) in [6.45, 7) is 7.71. The Bertz CT molecular complexity index is 605. The van der Waals surface area contributed by atoms with Gasteiger partial charge in [-0.15, -0.1) is 0 Å². The lowest BCUT2D eigenvalue weighted by atomic mass is 10.0. The average Bonchev–Trinajstić information content (AvgIpc) is 2.60. The minimum absolute atomic E-state index is 0.704. The summed E-state index contributed by atoms with van der Waals surface area (Å²) < 4.78 is 0. The van der Waals surface area contributed by atoms with E-state index in [1.807, 2.05) is 24.5 Å². The predicted octanol–water partition coefficient (Wildman–Crippen LogP) is 0.878. The molecule has 2 aliphatic heterocycles. The average molecular weight is 310 g/mol. The lowest BCUT2D eigenvalue weighted by Crippen LogP contribution is -2.62. The number of anilines is 1. The quantitative estimate of drug-likeness (QED) is 0.835. The van der Waals surface area contributed by atoms with Crippen LogP contribution in [-0.2, 0) is 6.54 Å². The highest BCUT2D eigenvalue weighted by molar-refractivity contribution is 5.38. The molecule has 0 unspecified atom stereocenters. The fourth-order valence-corrected chi connectivity index (χ4v) is 3.43. The van der Waals surface area contributed by atoms with Crippen LogP contribution < -0.4 is 4.90 Å². The van der Waals surface area contributed by atoms with Gasteiger partial charge in [0.1, 0.15) is 5.82 Å². The van der Waals surface area contributed by atoms with Crippen molar-refractivity contribution in [2.45, 2.75) is 12.6 Å². The van der Waals surface area contributed by atoms with Gasteiger partial charge < -0.3 is 4.90 Å². The van der Waals surface area contributed by atoms with Crippen molar-refractivity contribution in [1.82, 2.24) is 25.0 Å². The Morgan fingerprint density at radius 2 is 1.83 bits per heavy atom. The molecule has 0 aromatic carbocycles. The molecule has 0 amide bonds. The van der Waals surface area contributed by atoms with Crippen molar-refractivity contribution in [3.63, 3.8) is 0 Å². The van der Waals surface area contributed by atoms with Crippen LogP contribution in [0.3, 0.4) is 0 Å². The van der Waals surface area contributed by atoms with Gasteiger partial charge in [0, 0.05) is 64.2 Å². The molecule has 0 atom stereocenters. The molecule has 2 aromatic heterocycles. The maximum Gasteiger partial charge on any atom is 0.128 e. The molecule has 6 heteroatoms. The Morgan fingerprint density at radius 3 is 2.52 bits per heavy atom. The smallest absolute Gasteiger partial charge is 0.128 e. The number of hydrogen-bond acceptors (Lipinski definition) is 6. The van der Waals surface area contributed by atoms with E-state index in [-0.39, 0.29) is 0 Å². The highest BCUT2D eigenvalue weighted by Crippen LogP contribution is 2.20. The van der Waals surface area contributed by atoms with Gasteiger partial charge in [0.15, 0.2) is 0 Å². The van der Waals surface area contributed by atoms with Gasteiger partial charge in [-0.25, -0.2) is 4.98 Å². The third-order valence-electron chi connectivity index (χ3n) is 4.79. The second kappa shape index (κ2) is 6.60. The van der Waals surface area contributed by atoms with E-state index in [1.165, 1.54) is 5.56 Å². The SMILES string of the molecule is c1ccc(N2CCN(C3CN(Cc4ccnnc4)C3)CC2)nc1. The highest BCUT2D eigenvalue weighted by atomic mass is 15.4. The Morgan fingerprint density at radius 1 is 0.957 bits per heavy atom. The first-order valence-corrected chi connectivity index (χ1v) is 8.26. The van der Waals surface area contributed by atoms with Crippen molar-refractivity contribution < 1.29 is 0 Å². The molecule has 0 N–H and O–H groups in total. The number of pyridine rings is 1. The summed E-state index contributed by atoms with van der Waals surface area (Å²) in [7, 11) is 0. The molecule has 2 saturated heterocycles. The van der Waals surface area contributed by atoms with Gasteiger partial charge in [-0.3, -0.25) is 9.80 Å². The lowest BCUT2D eigenvalue weighted by Gasteiger charge is -2.48. The standard InChI is InChI=1S/C17H22N6/c1-2-5-18-17(3-1)23-9-7-22(8-10-23)16-13-21(14-16)12-15-4-6-19-20-11-15/h1-6,11,16H,7-10,12-14H2. The van der Waals surface area contributed by atoms with Gasteiger partial charge >= 0.3 is 0 Å². The van der Waals surface area contributed by atoms with Crippen molar-refractivity contribution in [3.05, 3.63) is 48.4 Å². The maximum atomic E-state index is 4.45. The van der Waals surface area contributed by atoms with Crippen molar-refractivity contribution in [1.29, 1.82) is 0 Å². The van der Waals surface area contributed by atoms with Gasteiger partial charge in [0.2, 0.25) is 0 Å². The summed E-state index contributed by atoms with van der Waals surface area (Å²) in [6.07, 6.45) is 5.50. The summed E-state index contributed by atoms with van der Waals surface area (Å²) in [5.74, 6) is 1.10. The molecule has 0 bridgehead atoms. The van der Waals surface area contributed by atoms with Gasteiger partial charge in [-0.05, 0) is 23.8 Å². The highest BCUT2D eigenvalue weighted by Gasteiger charge is 2.33. The Kier molecular flexibility index (Phi) is 4.17. The van der Waals surface area contributed by atoms with Crippen LogP contribution in [0.25, 0.3) is 0 Å². The number of aromatic nitrogens is 3. The van der Waals surface area contributed by atoms with E-state index in [2.05, 4.69) is 42.0 Å². The van der Waals surface area contributed by atoms with Crippen molar-refractivity contribution in [3.8, 4) is 0 Å². The summed E-state index contributed by atoms with van der Waals surface area (Å²) >= 11 is 0. The Hall–Kier alpha value is -2.05. The third-order valence-corrected chi connectivity index (χ3v) is 4.79. The van der Waals surface area contributed by atoms with Crippen LogP contribution in [0.1, 0.15) is 5.56 Å². The zero-order valence-corrected chi connectivity index (χ0v) is 13.3. The zero-order valence-electron chi connectivity index (χ0n) is 13.3. The van der Waals surface area contributed by atoms with E-state index in [4.69, 9.17) is 0 Å². The van der Waals surface area contributed by atoms with E-state index < -0.39 is 0 Å². The van der Waals surface area contributed by atoms with Crippen molar-refractivity contribution >= 4 is 5.82 Å². The van der Waals surface area contributed by atoms with Gasteiger partial charge in [0.05, 0.1) is 6.20 Å². The van der Waals surface area contributed by atoms with Crippen LogP contribution in [0.15, 0.2) is 42.9 Å². The summed E-state index contributed by atoms with van der Waals surface area (Å²) in [5.41, 5.74) is 1.25. The maximum absolute atomic E-state index is 4.45. The number of piperazine rings is 1. The number of nitrogens with zero attached hydrogens (tertiary/aromatic N) is 6. The molecule has 120 valence electrons. The molecule has 2 fully saturated rings. The molecule has 0 saturated carbocycles. The predicted molar refractivity (Wildman–Crippen MR) is 89.1 cm³/mol. The van der Waals surface area contributed by atoms with Crippen LogP contribution in [0, 0.1) is 0 Å². The van der Waals surface area contributed by atoms with Gasteiger partial charge in [-0.1, -0.05) is 6.07 Å². The lowest BCUT2D eigenvalue weighted by molar-refractivity contribution is 0.0255. The molecule has 2 aromatic rings. The zero-order chi connectivity index (χ0) is 15.5. The van der Waals surface area contributed by atoms with Gasteiger partial charge in [0.25, 0.3) is 0 Å². The van der Waals surface area contributed by atoms with Crippen LogP contribution in [0.4, 0.5) is 5.82 Å². The second-order valence-electron chi connectivity index (χ2n) is 6.31. The number of likely N-dealkylation sites (tertiary alicyclic amines) is 1. The first kappa shape index (κ1) is 14.5. The minimum atomic E-state index is 0.704. The first-order valence-electron chi connectivity index (χ1n) is 8.26. The van der Waals surface area contributed by atoms with Crippen molar-refractivity contribution in [2.75, 3.05) is 44.2 Å². The molecule has 6 nitrogen and oxygen atoms in total. The third kappa shape index (κ3) is 3.33. The normalized spacial score (nSPS) is 20.4. The largest absolute Gasteiger partial charge is 0.354 e. The topological polar surface area (TPSA) is 48.4 Å². The van der Waals surface area contributed by atoms with Crippen LogP contribution in [-0.4, -0.2) is 70.3 Å². The monoisotopic (exact) mass is 310 g/mol. The Labute approximate surface area is 136 Å². The Balaban J connectivity index is 1.23. The fraction of sp³-hybridized carbons (Fsp3) is 0.471. The summed E-state index contributed by atoms with van der Waals surface area (Å²) in [6, 6.07) is 8.89. The second-order valence-corrected chi connectivity index (χ2v) is 6.31. The van der Waals surface area contributed by atoms with E-state index in [9.17, 15) is 0 Å². The molecular formula is C17H22N6. The van der Waals surface area contributed by atoms with Crippen LogP contribution >= 0.6 is 0 Å². The van der Waals surface area contributed by atoms with Crippen LogP contribution in [0.5, 0.6) is 0 Å². The van der Waals surface area contributed by atoms with E-state index in [0.29, 0.717) is 6.04 Å². The molecule has 0 aliphatic carbocycles. The molecule has 4 rings (SSSR count). The first-order chi connectivity index (χ1) is 11.4. The molecule has 4 heterocycles. The molecule has 0 radical (unpaired) electrons. The van der Waals surface area contributed by atoms with Gasteiger partial charge in [-0.2, -0.15) is 10.2 Å². The minimum Gasteiger partial charge on any atom is -0.354 e. The van der Waals surface area contributed by atoms with Crippen LogP contribution in [0.2, 0.25) is 0 Å².